The highest BCUT2D eigenvalue weighted by atomic mass is 16.5. The average molecular weight is 258 g/mol. The number of carbonyl (C=O) groups is 1. The Morgan fingerprint density at radius 2 is 1.72 bits per heavy atom. The second-order valence-corrected chi connectivity index (χ2v) is 4.28. The standard InChI is InChI=1S/C16H30O2/c1-3-4-5-6-7-8-9-10-11-12-13-14-15-18-16(2)17/h4-5H,3,6-15H2,1-2H3/b5-4-/i10D2,11D2. The monoisotopic (exact) mass is 258 g/mol. The summed E-state index contributed by atoms with van der Waals surface area (Å²) in [4.78, 5) is 10.6. The number of unbranched alkanes of at least 4 members (excludes halogenated alkanes) is 3. The van der Waals surface area contributed by atoms with Crippen LogP contribution in [-0.2, 0) is 9.53 Å². The van der Waals surface area contributed by atoms with Crippen LogP contribution < -0.4 is 0 Å². The predicted octanol–water partition coefficient (Wildman–Crippen LogP) is 5.03. The molecule has 0 aliphatic carbocycles. The Morgan fingerprint density at radius 1 is 1.06 bits per heavy atom. The molecule has 0 radical (unpaired) electrons. The van der Waals surface area contributed by atoms with Gasteiger partial charge < -0.3 is 4.74 Å². The van der Waals surface area contributed by atoms with Crippen LogP contribution in [0.3, 0.4) is 0 Å². The van der Waals surface area contributed by atoms with E-state index >= 15 is 0 Å². The third-order valence-corrected chi connectivity index (χ3v) is 2.45. The van der Waals surface area contributed by atoms with Crippen molar-refractivity contribution in [3.05, 3.63) is 12.2 Å². The molecule has 0 aromatic heterocycles. The fourth-order valence-corrected chi connectivity index (χ4v) is 1.47. The summed E-state index contributed by atoms with van der Waals surface area (Å²) >= 11 is 0. The van der Waals surface area contributed by atoms with Crippen LogP contribution in [0, 0.1) is 0 Å². The minimum Gasteiger partial charge on any atom is -0.466 e. The van der Waals surface area contributed by atoms with Gasteiger partial charge in [0.2, 0.25) is 0 Å². The van der Waals surface area contributed by atoms with Crippen LogP contribution in [0.25, 0.3) is 0 Å². The van der Waals surface area contributed by atoms with Crippen LogP contribution in [0.2, 0.25) is 0 Å². The van der Waals surface area contributed by atoms with Crippen molar-refractivity contribution in [3.63, 3.8) is 0 Å². The zero-order valence-corrected chi connectivity index (χ0v) is 11.8. The number of rotatable bonds is 12. The van der Waals surface area contributed by atoms with Crippen molar-refractivity contribution in [1.29, 1.82) is 0 Å². The summed E-state index contributed by atoms with van der Waals surface area (Å²) in [5.41, 5.74) is 0. The van der Waals surface area contributed by atoms with Gasteiger partial charge in [0.15, 0.2) is 0 Å². The van der Waals surface area contributed by atoms with Crippen molar-refractivity contribution in [2.45, 2.75) is 78.0 Å². The van der Waals surface area contributed by atoms with E-state index < -0.39 is 12.7 Å². The molecular formula is C16H30O2. The molecule has 0 heterocycles. The van der Waals surface area contributed by atoms with Crippen molar-refractivity contribution >= 4 is 5.97 Å². The van der Waals surface area contributed by atoms with Crippen molar-refractivity contribution in [2.24, 2.45) is 0 Å². The van der Waals surface area contributed by atoms with E-state index in [0.29, 0.717) is 19.3 Å². The second kappa shape index (κ2) is 14.3. The maximum atomic E-state index is 10.6. The molecule has 0 aliphatic rings. The van der Waals surface area contributed by atoms with Crippen LogP contribution in [0.1, 0.15) is 83.4 Å². The van der Waals surface area contributed by atoms with Crippen LogP contribution in [-0.4, -0.2) is 12.6 Å². The Labute approximate surface area is 118 Å². The summed E-state index contributed by atoms with van der Waals surface area (Å²) in [6.45, 7) is 3.69. The molecule has 0 aliphatic heterocycles. The molecule has 0 saturated carbocycles. The summed E-state index contributed by atoms with van der Waals surface area (Å²) in [5.74, 6) is -0.338. The first-order valence-electron chi connectivity index (χ1n) is 9.01. The average Bonchev–Trinajstić information content (AvgIpc) is 2.41. The third kappa shape index (κ3) is 15.2. The number of carbonyl (C=O) groups excluding carboxylic acids is 1. The minimum absolute atomic E-state index is 0.150. The maximum absolute atomic E-state index is 10.6. The SMILES string of the molecule is [2H]C([2H])(CCCC/C=C\CC)C([2H])([2H])CCCCOC(C)=O. The molecule has 2 heteroatoms. The number of ether oxygens (including phenoxy) is 1. The molecule has 0 rings (SSSR count). The van der Waals surface area contributed by atoms with Gasteiger partial charge in [-0.25, -0.2) is 0 Å². The van der Waals surface area contributed by atoms with Crippen molar-refractivity contribution in [2.75, 3.05) is 6.61 Å². The molecule has 18 heavy (non-hydrogen) atoms. The van der Waals surface area contributed by atoms with Crippen LogP contribution in [0.5, 0.6) is 0 Å². The highest BCUT2D eigenvalue weighted by Crippen LogP contribution is 2.10. The highest BCUT2D eigenvalue weighted by Gasteiger charge is 1.94. The van der Waals surface area contributed by atoms with Gasteiger partial charge in [-0.3, -0.25) is 4.79 Å². The van der Waals surface area contributed by atoms with Gasteiger partial charge >= 0.3 is 5.97 Å². The number of hydrogen-bond acceptors (Lipinski definition) is 2. The van der Waals surface area contributed by atoms with E-state index in [1.807, 2.05) is 0 Å². The molecule has 2 nitrogen and oxygen atoms in total. The van der Waals surface area contributed by atoms with Gasteiger partial charge in [-0.05, 0) is 25.7 Å². The molecule has 0 atom stereocenters. The lowest BCUT2D eigenvalue weighted by Crippen LogP contribution is -2.00. The first-order valence-corrected chi connectivity index (χ1v) is 7.01. The smallest absolute Gasteiger partial charge is 0.302 e. The van der Waals surface area contributed by atoms with E-state index in [1.54, 1.807) is 0 Å². The largest absolute Gasteiger partial charge is 0.466 e. The van der Waals surface area contributed by atoms with Crippen molar-refractivity contribution in [1.82, 2.24) is 0 Å². The van der Waals surface area contributed by atoms with Gasteiger partial charge in [0.25, 0.3) is 0 Å². The molecule has 0 unspecified atom stereocenters. The number of allylic oxidation sites excluding steroid dienone is 2. The topological polar surface area (TPSA) is 26.3 Å². The Hall–Kier alpha value is -0.790. The molecule has 0 saturated heterocycles. The Morgan fingerprint density at radius 3 is 2.33 bits per heavy atom. The van der Waals surface area contributed by atoms with Crippen LogP contribution in [0.4, 0.5) is 0 Å². The van der Waals surface area contributed by atoms with E-state index in [0.717, 1.165) is 19.3 Å². The molecule has 0 bridgehead atoms. The zero-order valence-electron chi connectivity index (χ0n) is 15.8. The Bertz CT molecular complexity index is 341. The van der Waals surface area contributed by atoms with E-state index in [9.17, 15) is 4.79 Å². The van der Waals surface area contributed by atoms with E-state index in [1.165, 1.54) is 6.92 Å². The van der Waals surface area contributed by atoms with Gasteiger partial charge in [0, 0.05) is 12.4 Å². The summed E-state index contributed by atoms with van der Waals surface area (Å²) < 4.78 is 36.7. The quantitative estimate of drug-likeness (QED) is 0.279. The minimum atomic E-state index is -1.84. The molecule has 106 valence electrons. The first-order chi connectivity index (χ1) is 10.2. The molecule has 0 fully saturated rings. The lowest BCUT2D eigenvalue weighted by Gasteiger charge is -2.02. The Kier molecular flexibility index (Phi) is 8.78. The van der Waals surface area contributed by atoms with Crippen LogP contribution in [0.15, 0.2) is 12.2 Å². The van der Waals surface area contributed by atoms with Crippen LogP contribution >= 0.6 is 0 Å². The molecule has 0 N–H and O–H groups in total. The number of esters is 1. The van der Waals surface area contributed by atoms with Gasteiger partial charge in [0.05, 0.1) is 6.61 Å². The lowest BCUT2D eigenvalue weighted by molar-refractivity contribution is -0.141. The fraction of sp³-hybridized carbons (Fsp3) is 0.812. The normalized spacial score (nSPS) is 15.9. The molecule has 0 aromatic carbocycles. The molecule has 0 amide bonds. The highest BCUT2D eigenvalue weighted by molar-refractivity contribution is 5.65. The van der Waals surface area contributed by atoms with Gasteiger partial charge in [0.1, 0.15) is 0 Å². The zero-order chi connectivity index (χ0) is 17.1. The lowest BCUT2D eigenvalue weighted by atomic mass is 10.1. The summed E-state index contributed by atoms with van der Waals surface area (Å²) in [7, 11) is 0. The molecule has 0 aromatic rings. The van der Waals surface area contributed by atoms with E-state index in [-0.39, 0.29) is 25.4 Å². The number of hydrogen-bond donors (Lipinski definition) is 0. The summed E-state index contributed by atoms with van der Waals surface area (Å²) in [5, 5.41) is 0. The van der Waals surface area contributed by atoms with Gasteiger partial charge in [-0.2, -0.15) is 0 Å². The van der Waals surface area contributed by atoms with E-state index in [2.05, 4.69) is 19.1 Å². The first kappa shape index (κ1) is 11.1. The molecule has 0 spiro atoms. The second-order valence-electron chi connectivity index (χ2n) is 4.28. The maximum Gasteiger partial charge on any atom is 0.302 e. The van der Waals surface area contributed by atoms with Gasteiger partial charge in [-0.1, -0.05) is 57.5 Å². The summed E-state index contributed by atoms with van der Waals surface area (Å²) in [6, 6.07) is 0. The molecular weight excluding hydrogens is 224 g/mol. The summed E-state index contributed by atoms with van der Waals surface area (Å²) in [6.07, 6.45) is 5.51. The Balaban J connectivity index is 4.02. The van der Waals surface area contributed by atoms with E-state index in [4.69, 9.17) is 10.2 Å². The predicted molar refractivity (Wildman–Crippen MR) is 77.6 cm³/mol. The van der Waals surface area contributed by atoms with Crippen molar-refractivity contribution < 1.29 is 15.0 Å². The van der Waals surface area contributed by atoms with Gasteiger partial charge in [-0.15, -0.1) is 0 Å². The van der Waals surface area contributed by atoms with Crippen molar-refractivity contribution in [3.8, 4) is 0 Å². The third-order valence-electron chi connectivity index (χ3n) is 2.45. The fourth-order valence-electron chi connectivity index (χ4n) is 1.47.